The van der Waals surface area contributed by atoms with Gasteiger partial charge >= 0.3 is 0 Å². The summed E-state index contributed by atoms with van der Waals surface area (Å²) in [6, 6.07) is 17.9. The Hall–Kier alpha value is -2.46. The lowest BCUT2D eigenvalue weighted by atomic mass is 10.0. The first-order valence-electron chi connectivity index (χ1n) is 7.96. The number of benzene rings is 2. The summed E-state index contributed by atoms with van der Waals surface area (Å²) in [4.78, 5) is 25.4. The van der Waals surface area contributed by atoms with Gasteiger partial charge in [0.05, 0.1) is 11.3 Å². The van der Waals surface area contributed by atoms with E-state index in [4.69, 9.17) is 0 Å². The Labute approximate surface area is 145 Å². The predicted octanol–water partition coefficient (Wildman–Crippen LogP) is 4.01. The minimum Gasteiger partial charge on any atom is -0.355 e. The fourth-order valence-electron chi connectivity index (χ4n) is 2.71. The first-order valence-corrected chi connectivity index (χ1v) is 8.78. The average Bonchev–Trinajstić information content (AvgIpc) is 3.04. The highest BCUT2D eigenvalue weighted by Gasteiger charge is 2.08. The van der Waals surface area contributed by atoms with Crippen LogP contribution in [0.3, 0.4) is 0 Å². The van der Waals surface area contributed by atoms with Crippen LogP contribution in [0.1, 0.15) is 27.0 Å². The zero-order chi connectivity index (χ0) is 16.9. The van der Waals surface area contributed by atoms with Crippen molar-refractivity contribution in [2.45, 2.75) is 19.8 Å². The maximum atomic E-state index is 12.2. The first kappa shape index (κ1) is 16.4. The molecule has 122 valence electrons. The van der Waals surface area contributed by atoms with Crippen molar-refractivity contribution in [2.75, 3.05) is 6.54 Å². The molecule has 1 heterocycles. The number of thiophene rings is 1. The molecular formula is C20H19NO2S. The molecule has 0 aliphatic heterocycles. The molecule has 3 aromatic rings. The molecule has 0 aliphatic rings. The van der Waals surface area contributed by atoms with Crippen LogP contribution in [0, 0.1) is 0 Å². The molecular weight excluding hydrogens is 318 g/mol. The van der Waals surface area contributed by atoms with Crippen molar-refractivity contribution in [3.63, 3.8) is 0 Å². The summed E-state index contributed by atoms with van der Waals surface area (Å²) in [6.07, 6.45) is 1.13. The predicted molar refractivity (Wildman–Crippen MR) is 98.7 cm³/mol. The normalized spacial score (nSPS) is 10.7. The van der Waals surface area contributed by atoms with E-state index >= 15 is 0 Å². The number of Topliss-reactive ketones (excluding diaryl/α,β-unsaturated/α-hetero) is 1. The number of hydrogen-bond donors (Lipinski definition) is 1. The van der Waals surface area contributed by atoms with E-state index in [0.29, 0.717) is 13.0 Å². The smallest absolute Gasteiger partial charge is 0.224 e. The van der Waals surface area contributed by atoms with E-state index in [1.807, 2.05) is 42.5 Å². The van der Waals surface area contributed by atoms with Crippen LogP contribution in [0.2, 0.25) is 0 Å². The van der Waals surface area contributed by atoms with E-state index in [1.54, 1.807) is 6.92 Å². The number of ketones is 1. The minimum atomic E-state index is 0.0229. The lowest BCUT2D eigenvalue weighted by Gasteiger charge is -2.07. The van der Waals surface area contributed by atoms with Crippen LogP contribution >= 0.6 is 11.3 Å². The maximum Gasteiger partial charge on any atom is 0.224 e. The van der Waals surface area contributed by atoms with E-state index in [2.05, 4.69) is 17.4 Å². The molecule has 0 spiro atoms. The van der Waals surface area contributed by atoms with Gasteiger partial charge in [0.2, 0.25) is 5.91 Å². The Morgan fingerprint density at radius 1 is 1.00 bits per heavy atom. The molecule has 1 aromatic heterocycles. The third-order valence-corrected chi connectivity index (χ3v) is 5.18. The van der Waals surface area contributed by atoms with E-state index in [9.17, 15) is 9.59 Å². The molecule has 4 heteroatoms. The van der Waals surface area contributed by atoms with E-state index in [0.717, 1.165) is 32.5 Å². The Morgan fingerprint density at radius 3 is 2.58 bits per heavy atom. The van der Waals surface area contributed by atoms with Gasteiger partial charge in [0.25, 0.3) is 0 Å². The van der Waals surface area contributed by atoms with Gasteiger partial charge in [-0.25, -0.2) is 0 Å². The van der Waals surface area contributed by atoms with Gasteiger partial charge in [-0.2, -0.15) is 0 Å². The van der Waals surface area contributed by atoms with Crippen molar-refractivity contribution in [3.05, 3.63) is 69.9 Å². The fourth-order valence-corrected chi connectivity index (χ4v) is 3.61. The first-order chi connectivity index (χ1) is 11.6. The van der Waals surface area contributed by atoms with Crippen LogP contribution in [0.25, 0.3) is 10.8 Å². The van der Waals surface area contributed by atoms with Crippen molar-refractivity contribution in [1.82, 2.24) is 5.32 Å². The molecule has 1 amide bonds. The quantitative estimate of drug-likeness (QED) is 0.691. The van der Waals surface area contributed by atoms with Crippen molar-refractivity contribution in [3.8, 4) is 0 Å². The summed E-state index contributed by atoms with van der Waals surface area (Å²) in [7, 11) is 0. The number of hydrogen-bond acceptors (Lipinski definition) is 3. The second-order valence-electron chi connectivity index (χ2n) is 5.74. The Balaban J connectivity index is 1.56. The standard InChI is InChI=1S/C20H19NO2S/c1-14(22)19-10-9-17(24-19)11-12-21-20(23)13-16-7-4-6-15-5-2-3-8-18(15)16/h2-10H,11-13H2,1H3,(H,21,23). The SMILES string of the molecule is CC(=O)c1ccc(CCNC(=O)Cc2cccc3ccccc23)s1. The van der Waals surface area contributed by atoms with Gasteiger partial charge in [-0.15, -0.1) is 11.3 Å². The van der Waals surface area contributed by atoms with Gasteiger partial charge in [-0.3, -0.25) is 9.59 Å². The van der Waals surface area contributed by atoms with E-state index in [1.165, 1.54) is 11.3 Å². The Morgan fingerprint density at radius 2 is 1.79 bits per heavy atom. The van der Waals surface area contributed by atoms with Crippen molar-refractivity contribution >= 4 is 33.8 Å². The molecule has 0 saturated carbocycles. The molecule has 0 radical (unpaired) electrons. The lowest BCUT2D eigenvalue weighted by molar-refractivity contribution is -0.120. The zero-order valence-electron chi connectivity index (χ0n) is 13.5. The van der Waals surface area contributed by atoms with Gasteiger partial charge in [-0.05, 0) is 41.8 Å². The highest BCUT2D eigenvalue weighted by molar-refractivity contribution is 7.14. The van der Waals surface area contributed by atoms with E-state index in [-0.39, 0.29) is 11.7 Å². The number of carbonyl (C=O) groups excluding carboxylic acids is 2. The molecule has 0 bridgehead atoms. The third-order valence-electron chi connectivity index (χ3n) is 3.93. The summed E-state index contributed by atoms with van der Waals surface area (Å²) >= 11 is 1.50. The maximum absolute atomic E-state index is 12.2. The van der Waals surface area contributed by atoms with Gasteiger partial charge in [0, 0.05) is 11.4 Å². The van der Waals surface area contributed by atoms with Gasteiger partial charge in [0.15, 0.2) is 5.78 Å². The van der Waals surface area contributed by atoms with Gasteiger partial charge in [-0.1, -0.05) is 42.5 Å². The third kappa shape index (κ3) is 3.89. The average molecular weight is 337 g/mol. The second kappa shape index (κ2) is 7.41. The fraction of sp³-hybridized carbons (Fsp3) is 0.200. The number of fused-ring (bicyclic) bond motifs is 1. The molecule has 1 N–H and O–H groups in total. The highest BCUT2D eigenvalue weighted by atomic mass is 32.1. The molecule has 2 aromatic carbocycles. The summed E-state index contributed by atoms with van der Waals surface area (Å²) < 4.78 is 0. The molecule has 0 fully saturated rings. The van der Waals surface area contributed by atoms with Crippen LogP contribution < -0.4 is 5.32 Å². The van der Waals surface area contributed by atoms with Crippen LogP contribution in [0.15, 0.2) is 54.6 Å². The molecule has 0 unspecified atom stereocenters. The van der Waals surface area contributed by atoms with Crippen molar-refractivity contribution < 1.29 is 9.59 Å². The number of nitrogens with one attached hydrogen (secondary N) is 1. The number of carbonyl (C=O) groups is 2. The molecule has 0 saturated heterocycles. The topological polar surface area (TPSA) is 46.2 Å². The highest BCUT2D eigenvalue weighted by Crippen LogP contribution is 2.19. The van der Waals surface area contributed by atoms with Gasteiger partial charge < -0.3 is 5.32 Å². The van der Waals surface area contributed by atoms with Crippen molar-refractivity contribution in [2.24, 2.45) is 0 Å². The van der Waals surface area contributed by atoms with E-state index < -0.39 is 0 Å². The molecule has 3 rings (SSSR count). The molecule has 0 aliphatic carbocycles. The Kier molecular flexibility index (Phi) is 5.06. The minimum absolute atomic E-state index is 0.0229. The second-order valence-corrected chi connectivity index (χ2v) is 6.91. The zero-order valence-corrected chi connectivity index (χ0v) is 14.4. The largest absolute Gasteiger partial charge is 0.355 e. The molecule has 3 nitrogen and oxygen atoms in total. The van der Waals surface area contributed by atoms with Crippen LogP contribution in [0.5, 0.6) is 0 Å². The van der Waals surface area contributed by atoms with Crippen LogP contribution in [-0.4, -0.2) is 18.2 Å². The number of amides is 1. The lowest BCUT2D eigenvalue weighted by Crippen LogP contribution is -2.27. The molecule has 24 heavy (non-hydrogen) atoms. The van der Waals surface area contributed by atoms with Gasteiger partial charge in [0.1, 0.15) is 0 Å². The summed E-state index contributed by atoms with van der Waals surface area (Å²) in [5, 5.41) is 5.24. The Bertz CT molecular complexity index is 877. The molecule has 0 atom stereocenters. The summed E-state index contributed by atoms with van der Waals surface area (Å²) in [6.45, 7) is 2.16. The van der Waals surface area contributed by atoms with Crippen LogP contribution in [-0.2, 0) is 17.6 Å². The number of rotatable bonds is 6. The van der Waals surface area contributed by atoms with Crippen LogP contribution in [0.4, 0.5) is 0 Å². The van der Waals surface area contributed by atoms with Crippen molar-refractivity contribution in [1.29, 1.82) is 0 Å². The monoisotopic (exact) mass is 337 g/mol. The summed E-state index contributed by atoms with van der Waals surface area (Å²) in [5.74, 6) is 0.112. The summed E-state index contributed by atoms with van der Waals surface area (Å²) in [5.41, 5.74) is 1.04.